The lowest BCUT2D eigenvalue weighted by Crippen LogP contribution is -2.17. The molecule has 1 nitrogen and oxygen atoms in total. The van der Waals surface area contributed by atoms with Crippen LogP contribution in [0.25, 0.3) is 0 Å². The first-order chi connectivity index (χ1) is 8.04. The predicted octanol–water partition coefficient (Wildman–Crippen LogP) is 4.71. The zero-order valence-electron chi connectivity index (χ0n) is 10.6. The summed E-state index contributed by atoms with van der Waals surface area (Å²) < 4.78 is 19.5. The van der Waals surface area contributed by atoms with Gasteiger partial charge >= 0.3 is 0 Å². The second kappa shape index (κ2) is 7.12. The molecule has 0 aliphatic rings. The zero-order chi connectivity index (χ0) is 12.8. The topological polar surface area (TPSA) is 9.23 Å². The molecule has 0 radical (unpaired) electrons. The van der Waals surface area contributed by atoms with E-state index in [1.54, 1.807) is 12.1 Å². The van der Waals surface area contributed by atoms with Crippen LogP contribution in [0.4, 0.5) is 4.39 Å². The molecular weight excluding hydrogens is 283 g/mol. The van der Waals surface area contributed by atoms with Gasteiger partial charge in [0.25, 0.3) is 0 Å². The molecule has 3 heteroatoms. The molecule has 1 rings (SSSR count). The SMILES string of the molecule is CC(C)CC(C)OC(CBr)c1ccccc1F. The maximum absolute atomic E-state index is 13.6. The minimum Gasteiger partial charge on any atom is -0.370 e. The summed E-state index contributed by atoms with van der Waals surface area (Å²) in [5.41, 5.74) is 0.625. The fraction of sp³-hybridized carbons (Fsp3) is 0.571. The van der Waals surface area contributed by atoms with Crippen molar-refractivity contribution in [2.75, 3.05) is 5.33 Å². The van der Waals surface area contributed by atoms with Gasteiger partial charge in [-0.2, -0.15) is 0 Å². The normalized spacial score (nSPS) is 14.9. The standard InChI is InChI=1S/C14H20BrFO/c1-10(2)8-11(3)17-14(9-15)12-6-4-5-7-13(12)16/h4-7,10-11,14H,8-9H2,1-3H3. The van der Waals surface area contributed by atoms with Gasteiger partial charge in [0.1, 0.15) is 5.82 Å². The molecule has 0 N–H and O–H groups in total. The molecule has 0 spiro atoms. The molecular formula is C14H20BrFO. The molecule has 0 bridgehead atoms. The summed E-state index contributed by atoms with van der Waals surface area (Å²) in [6, 6.07) is 6.79. The van der Waals surface area contributed by atoms with E-state index in [1.165, 1.54) is 6.07 Å². The molecule has 96 valence electrons. The Morgan fingerprint density at radius 2 is 1.88 bits per heavy atom. The molecule has 0 aromatic heterocycles. The third-order valence-electron chi connectivity index (χ3n) is 2.59. The molecule has 0 aliphatic carbocycles. The fourth-order valence-corrected chi connectivity index (χ4v) is 2.43. The average Bonchev–Trinajstić information content (AvgIpc) is 2.26. The van der Waals surface area contributed by atoms with Crippen molar-refractivity contribution in [3.05, 3.63) is 35.6 Å². The van der Waals surface area contributed by atoms with Crippen LogP contribution < -0.4 is 0 Å². The van der Waals surface area contributed by atoms with Crippen LogP contribution in [-0.4, -0.2) is 11.4 Å². The molecule has 0 saturated carbocycles. The number of hydrogen-bond donors (Lipinski definition) is 0. The lowest BCUT2D eigenvalue weighted by Gasteiger charge is -2.22. The van der Waals surface area contributed by atoms with Gasteiger partial charge in [-0.3, -0.25) is 0 Å². The Hall–Kier alpha value is -0.410. The smallest absolute Gasteiger partial charge is 0.129 e. The average molecular weight is 303 g/mol. The second-order valence-electron chi connectivity index (χ2n) is 4.74. The zero-order valence-corrected chi connectivity index (χ0v) is 12.2. The molecule has 1 aromatic rings. The van der Waals surface area contributed by atoms with Crippen molar-refractivity contribution in [3.63, 3.8) is 0 Å². The minimum absolute atomic E-state index is 0.136. The Balaban J connectivity index is 2.69. The van der Waals surface area contributed by atoms with E-state index in [2.05, 4.69) is 29.8 Å². The van der Waals surface area contributed by atoms with E-state index in [9.17, 15) is 4.39 Å². The van der Waals surface area contributed by atoms with Crippen LogP contribution in [0.5, 0.6) is 0 Å². The summed E-state index contributed by atoms with van der Waals surface area (Å²) in [7, 11) is 0. The Bertz CT molecular complexity index is 341. The van der Waals surface area contributed by atoms with Crippen molar-refractivity contribution in [1.29, 1.82) is 0 Å². The third-order valence-corrected chi connectivity index (χ3v) is 3.18. The van der Waals surface area contributed by atoms with Crippen LogP contribution in [0.15, 0.2) is 24.3 Å². The van der Waals surface area contributed by atoms with E-state index in [0.717, 1.165) is 6.42 Å². The quantitative estimate of drug-likeness (QED) is 0.691. The fourth-order valence-electron chi connectivity index (χ4n) is 1.93. The van der Waals surface area contributed by atoms with Gasteiger partial charge in [-0.25, -0.2) is 4.39 Å². The number of hydrogen-bond acceptors (Lipinski definition) is 1. The Morgan fingerprint density at radius 1 is 1.24 bits per heavy atom. The van der Waals surface area contributed by atoms with E-state index in [1.807, 2.05) is 13.0 Å². The van der Waals surface area contributed by atoms with Crippen molar-refractivity contribution in [1.82, 2.24) is 0 Å². The largest absolute Gasteiger partial charge is 0.370 e. The summed E-state index contributed by atoms with van der Waals surface area (Å²) in [5, 5.41) is 0.608. The predicted molar refractivity (Wildman–Crippen MR) is 72.9 cm³/mol. The Labute approximate surface area is 111 Å². The van der Waals surface area contributed by atoms with E-state index < -0.39 is 0 Å². The summed E-state index contributed by atoms with van der Waals surface area (Å²) in [6.45, 7) is 6.36. The lowest BCUT2D eigenvalue weighted by molar-refractivity contribution is -0.00163. The highest BCUT2D eigenvalue weighted by molar-refractivity contribution is 9.09. The highest BCUT2D eigenvalue weighted by Gasteiger charge is 2.18. The maximum atomic E-state index is 13.6. The van der Waals surface area contributed by atoms with Crippen molar-refractivity contribution in [3.8, 4) is 0 Å². The molecule has 0 amide bonds. The van der Waals surface area contributed by atoms with E-state index in [4.69, 9.17) is 4.74 Å². The van der Waals surface area contributed by atoms with Gasteiger partial charge in [-0.05, 0) is 25.3 Å². The minimum atomic E-state index is -0.218. The summed E-state index contributed by atoms with van der Waals surface area (Å²) in [5.74, 6) is 0.385. The second-order valence-corrected chi connectivity index (χ2v) is 5.39. The molecule has 0 heterocycles. The number of rotatable bonds is 6. The Kier molecular flexibility index (Phi) is 6.14. The molecule has 17 heavy (non-hydrogen) atoms. The van der Waals surface area contributed by atoms with Gasteiger partial charge in [0.15, 0.2) is 0 Å². The van der Waals surface area contributed by atoms with Crippen LogP contribution in [0.3, 0.4) is 0 Å². The van der Waals surface area contributed by atoms with Crippen LogP contribution in [0.2, 0.25) is 0 Å². The molecule has 2 atom stereocenters. The van der Waals surface area contributed by atoms with E-state index >= 15 is 0 Å². The highest BCUT2D eigenvalue weighted by atomic mass is 79.9. The van der Waals surface area contributed by atoms with Crippen LogP contribution in [0, 0.1) is 11.7 Å². The van der Waals surface area contributed by atoms with Gasteiger partial charge in [-0.1, -0.05) is 48.0 Å². The van der Waals surface area contributed by atoms with Crippen molar-refractivity contribution >= 4 is 15.9 Å². The summed E-state index contributed by atoms with van der Waals surface area (Å²) >= 11 is 3.39. The van der Waals surface area contributed by atoms with Gasteiger partial charge in [0.05, 0.1) is 12.2 Å². The molecule has 0 aliphatic heterocycles. The van der Waals surface area contributed by atoms with Gasteiger partial charge in [0.2, 0.25) is 0 Å². The third kappa shape index (κ3) is 4.76. The molecule has 0 fully saturated rings. The summed E-state index contributed by atoms with van der Waals surface area (Å²) in [6.07, 6.45) is 0.903. The van der Waals surface area contributed by atoms with Crippen LogP contribution >= 0.6 is 15.9 Å². The molecule has 1 aromatic carbocycles. The van der Waals surface area contributed by atoms with Gasteiger partial charge in [0, 0.05) is 10.9 Å². The summed E-state index contributed by atoms with van der Waals surface area (Å²) in [4.78, 5) is 0. The maximum Gasteiger partial charge on any atom is 0.129 e. The highest BCUT2D eigenvalue weighted by Crippen LogP contribution is 2.25. The monoisotopic (exact) mass is 302 g/mol. The number of halogens is 2. The van der Waals surface area contributed by atoms with Crippen molar-refractivity contribution < 1.29 is 9.13 Å². The first-order valence-corrected chi connectivity index (χ1v) is 7.12. The van der Waals surface area contributed by atoms with Crippen LogP contribution in [0.1, 0.15) is 38.9 Å². The van der Waals surface area contributed by atoms with Crippen molar-refractivity contribution in [2.45, 2.75) is 39.4 Å². The first-order valence-electron chi connectivity index (χ1n) is 6.00. The van der Waals surface area contributed by atoms with Gasteiger partial charge in [-0.15, -0.1) is 0 Å². The van der Waals surface area contributed by atoms with E-state index in [-0.39, 0.29) is 18.0 Å². The number of ether oxygens (including phenoxy) is 1. The van der Waals surface area contributed by atoms with Gasteiger partial charge < -0.3 is 4.74 Å². The molecule has 0 saturated heterocycles. The first kappa shape index (κ1) is 14.7. The van der Waals surface area contributed by atoms with E-state index in [0.29, 0.717) is 16.8 Å². The lowest BCUT2D eigenvalue weighted by atomic mass is 10.1. The number of benzene rings is 1. The van der Waals surface area contributed by atoms with Crippen molar-refractivity contribution in [2.24, 2.45) is 5.92 Å². The van der Waals surface area contributed by atoms with Crippen LogP contribution in [-0.2, 0) is 4.74 Å². The Morgan fingerprint density at radius 3 is 2.41 bits per heavy atom. The number of alkyl halides is 1. The molecule has 2 unspecified atom stereocenters.